The number of aromatic nitrogens is 2. The van der Waals surface area contributed by atoms with Crippen molar-refractivity contribution in [1.29, 1.82) is 0 Å². The van der Waals surface area contributed by atoms with Crippen molar-refractivity contribution in [1.82, 2.24) is 9.55 Å². The monoisotopic (exact) mass is 726 g/mol. The van der Waals surface area contributed by atoms with Crippen LogP contribution in [-0.2, 0) is 14.7 Å². The molecule has 1 aliphatic carbocycles. The van der Waals surface area contributed by atoms with Crippen molar-refractivity contribution in [3.8, 4) is 50.8 Å². The summed E-state index contributed by atoms with van der Waals surface area (Å²) in [6.07, 6.45) is 0. The minimum Gasteiger partial charge on any atom is -0.457 e. The van der Waals surface area contributed by atoms with Crippen LogP contribution >= 0.6 is 0 Å². The first-order valence-corrected chi connectivity index (χ1v) is 19.4. The van der Waals surface area contributed by atoms with Gasteiger partial charge in [0.05, 0.1) is 27.7 Å². The smallest absolute Gasteiger partial charge is 0.457 e. The molecule has 0 N–H and O–H groups in total. The number of imidazole rings is 1. The van der Waals surface area contributed by atoms with E-state index in [0.29, 0.717) is 0 Å². The van der Waals surface area contributed by atoms with Crippen LogP contribution < -0.4 is 10.2 Å². The molecule has 0 unspecified atom stereocenters. The molecule has 0 atom stereocenters. The van der Waals surface area contributed by atoms with Gasteiger partial charge in [-0.05, 0) is 109 Å². The van der Waals surface area contributed by atoms with Gasteiger partial charge in [0, 0.05) is 22.4 Å². The van der Waals surface area contributed by atoms with E-state index in [4.69, 9.17) is 19.0 Å². The quantitative estimate of drug-likeness (QED) is 0.169. The van der Waals surface area contributed by atoms with Crippen LogP contribution in [0.4, 0.5) is 0 Å². The van der Waals surface area contributed by atoms with E-state index in [1.165, 1.54) is 16.7 Å². The highest BCUT2D eigenvalue weighted by molar-refractivity contribution is 6.64. The molecule has 0 saturated carbocycles. The summed E-state index contributed by atoms with van der Waals surface area (Å²) in [4.78, 5) is 5.12. The molecule has 1 saturated heterocycles. The Morgan fingerprint density at radius 1 is 0.518 bits per heavy atom. The zero-order chi connectivity index (χ0) is 37.8. The molecule has 0 amide bonds. The Balaban J connectivity index is 1.10. The van der Waals surface area contributed by atoms with Gasteiger partial charge in [-0.15, -0.1) is 0 Å². The lowest BCUT2D eigenvalue weighted by Gasteiger charge is -2.39. The Bertz CT molecular complexity index is 2800. The molecular weight excluding hydrogens is 687 g/mol. The average Bonchev–Trinajstić information content (AvgIpc) is 3.83. The molecule has 270 valence electrons. The zero-order valence-electron chi connectivity index (χ0n) is 31.8. The molecule has 1 fully saturated rings. The van der Waals surface area contributed by atoms with Crippen molar-refractivity contribution in [2.24, 2.45) is 0 Å². The van der Waals surface area contributed by atoms with E-state index in [0.717, 1.165) is 72.9 Å². The van der Waals surface area contributed by atoms with Crippen LogP contribution in [-0.4, -0.2) is 27.9 Å². The minimum absolute atomic E-state index is 0.484. The summed E-state index contributed by atoms with van der Waals surface area (Å²) in [6.45, 7) is 8.47. The summed E-state index contributed by atoms with van der Waals surface area (Å²) < 4.78 is 22.4. The lowest BCUT2D eigenvalue weighted by Crippen LogP contribution is -2.41. The van der Waals surface area contributed by atoms with Gasteiger partial charge in [-0.1, -0.05) is 121 Å². The molecule has 2 aliphatic heterocycles. The molecule has 3 aliphatic rings. The first-order chi connectivity index (χ1) is 27.2. The predicted octanol–water partition coefficient (Wildman–Crippen LogP) is 11.1. The number of hydrogen-bond acceptors (Lipinski definition) is 4. The number of rotatable bonds is 4. The SMILES string of the molecule is CC1(C)OB(c2cccc3c2-c2cc(-c4ccc(-c5nc6ccccc6n5-c5ccccc5)cc4)ccc2C32c3ccccc3Oc3ccccc32)OC1(C)C. The number of hydrogen-bond donors (Lipinski definition) is 0. The standard InChI is InChI=1S/C50H39BN2O3/c1-48(2)49(3,4)56-51(55-48)41-20-14-19-40-46(41)36-31-34(29-30-37(36)50(40)38-17-8-12-23-44(38)54-45-24-13-9-18-39(45)50)32-25-27-33(28-26-32)47-52-42-21-10-11-22-43(42)53(47)35-15-6-5-7-16-35/h5-31H,1-4H3. The fourth-order valence-corrected chi connectivity index (χ4v) is 9.20. The van der Waals surface area contributed by atoms with E-state index in [9.17, 15) is 0 Å². The van der Waals surface area contributed by atoms with Gasteiger partial charge in [0.15, 0.2) is 0 Å². The maximum atomic E-state index is 6.78. The normalized spacial score (nSPS) is 16.6. The summed E-state index contributed by atoms with van der Waals surface area (Å²) in [7, 11) is -0.532. The number of nitrogens with zero attached hydrogens (tertiary/aromatic N) is 2. The number of benzene rings is 7. The van der Waals surface area contributed by atoms with E-state index >= 15 is 0 Å². The second-order valence-electron chi connectivity index (χ2n) is 16.1. The zero-order valence-corrected chi connectivity index (χ0v) is 31.8. The van der Waals surface area contributed by atoms with Crippen molar-refractivity contribution < 1.29 is 14.0 Å². The van der Waals surface area contributed by atoms with Crippen molar-refractivity contribution in [2.75, 3.05) is 0 Å². The molecule has 11 rings (SSSR count). The summed E-state index contributed by atoms with van der Waals surface area (Å²) in [5, 5.41) is 0. The van der Waals surface area contributed by atoms with Crippen molar-refractivity contribution in [3.63, 3.8) is 0 Å². The van der Waals surface area contributed by atoms with Crippen molar-refractivity contribution in [3.05, 3.63) is 186 Å². The molecule has 3 heterocycles. The number of para-hydroxylation sites is 5. The van der Waals surface area contributed by atoms with E-state index < -0.39 is 23.7 Å². The molecule has 6 heteroatoms. The fraction of sp³-hybridized carbons (Fsp3) is 0.140. The number of fused-ring (bicyclic) bond motifs is 10. The highest BCUT2D eigenvalue weighted by atomic mass is 16.7. The van der Waals surface area contributed by atoms with Gasteiger partial charge in [-0.3, -0.25) is 4.57 Å². The lowest BCUT2D eigenvalue weighted by atomic mass is 9.65. The van der Waals surface area contributed by atoms with Crippen molar-refractivity contribution in [2.45, 2.75) is 44.3 Å². The Morgan fingerprint density at radius 2 is 1.11 bits per heavy atom. The summed E-state index contributed by atoms with van der Waals surface area (Å²) in [6, 6.07) is 58.2. The van der Waals surface area contributed by atoms with Crippen LogP contribution in [0.15, 0.2) is 164 Å². The Morgan fingerprint density at radius 3 is 1.82 bits per heavy atom. The largest absolute Gasteiger partial charge is 0.495 e. The van der Waals surface area contributed by atoms with Gasteiger partial charge in [-0.2, -0.15) is 0 Å². The van der Waals surface area contributed by atoms with Gasteiger partial charge in [0.1, 0.15) is 17.3 Å². The number of ether oxygens (including phenoxy) is 1. The predicted molar refractivity (Wildman–Crippen MR) is 225 cm³/mol. The van der Waals surface area contributed by atoms with E-state index in [-0.39, 0.29) is 0 Å². The molecule has 7 aromatic carbocycles. The molecule has 0 radical (unpaired) electrons. The van der Waals surface area contributed by atoms with Gasteiger partial charge in [0.25, 0.3) is 0 Å². The first kappa shape index (κ1) is 33.2. The first-order valence-electron chi connectivity index (χ1n) is 19.4. The molecule has 0 bridgehead atoms. The van der Waals surface area contributed by atoms with E-state index in [1.54, 1.807) is 0 Å². The van der Waals surface area contributed by atoms with Crippen LogP contribution in [0.3, 0.4) is 0 Å². The third-order valence-electron chi connectivity index (χ3n) is 12.6. The molecule has 1 aromatic heterocycles. The molecular formula is C50H39BN2O3. The summed E-state index contributed by atoms with van der Waals surface area (Å²) >= 11 is 0. The average molecular weight is 727 g/mol. The van der Waals surface area contributed by atoms with Gasteiger partial charge >= 0.3 is 7.12 Å². The highest BCUT2D eigenvalue weighted by Gasteiger charge is 2.56. The van der Waals surface area contributed by atoms with Gasteiger partial charge in [-0.25, -0.2) is 4.98 Å². The Kier molecular flexibility index (Phi) is 7.04. The maximum absolute atomic E-state index is 6.78. The molecule has 8 aromatic rings. The van der Waals surface area contributed by atoms with E-state index in [1.807, 2.05) is 12.1 Å². The van der Waals surface area contributed by atoms with Crippen LogP contribution in [0.1, 0.15) is 49.9 Å². The van der Waals surface area contributed by atoms with E-state index in [2.05, 4.69) is 184 Å². The lowest BCUT2D eigenvalue weighted by molar-refractivity contribution is 0.00578. The van der Waals surface area contributed by atoms with Crippen LogP contribution in [0, 0.1) is 0 Å². The third-order valence-corrected chi connectivity index (χ3v) is 12.6. The van der Waals surface area contributed by atoms with Crippen molar-refractivity contribution >= 4 is 23.6 Å². The van der Waals surface area contributed by atoms with Crippen LogP contribution in [0.25, 0.3) is 50.4 Å². The second-order valence-corrected chi connectivity index (χ2v) is 16.1. The summed E-state index contributed by atoms with van der Waals surface area (Å²) in [5.41, 5.74) is 12.9. The second kappa shape index (κ2) is 11.9. The topological polar surface area (TPSA) is 45.5 Å². The molecule has 56 heavy (non-hydrogen) atoms. The fourth-order valence-electron chi connectivity index (χ4n) is 9.20. The van der Waals surface area contributed by atoms with Crippen LogP contribution in [0.2, 0.25) is 0 Å². The Hall–Kier alpha value is -6.21. The molecule has 1 spiro atoms. The maximum Gasteiger partial charge on any atom is 0.495 e. The molecule has 5 nitrogen and oxygen atoms in total. The minimum atomic E-state index is -0.603. The third kappa shape index (κ3) is 4.60. The van der Waals surface area contributed by atoms with Gasteiger partial charge in [0.2, 0.25) is 0 Å². The van der Waals surface area contributed by atoms with Gasteiger partial charge < -0.3 is 14.0 Å². The highest BCUT2D eigenvalue weighted by Crippen LogP contribution is 2.62. The van der Waals surface area contributed by atoms with Crippen LogP contribution in [0.5, 0.6) is 11.5 Å². The Labute approximate surface area is 327 Å². The summed E-state index contributed by atoms with van der Waals surface area (Å²) in [5.74, 6) is 2.65.